The number of pyridine rings is 1. The van der Waals surface area contributed by atoms with E-state index >= 15 is 0 Å². The first kappa shape index (κ1) is 44.8. The zero-order valence-corrected chi connectivity index (χ0v) is 34.7. The molecule has 1 unspecified atom stereocenters. The van der Waals surface area contributed by atoms with Crippen LogP contribution in [-0.2, 0) is 39.9 Å². The molecule has 1 aromatic carbocycles. The Morgan fingerprint density at radius 2 is 1.71 bits per heavy atom. The van der Waals surface area contributed by atoms with Crippen molar-refractivity contribution >= 4 is 39.6 Å². The molecule has 1 fully saturated rings. The second-order valence-electron chi connectivity index (χ2n) is 15.8. The number of halogens is 2. The number of nitrogens with zero attached hydrogens (tertiary/aromatic N) is 5. The fourth-order valence-electron chi connectivity index (χ4n) is 5.35. The molecular formula is C39H49F2N7O10S. The predicted molar refractivity (Wildman–Crippen MR) is 211 cm³/mol. The molecule has 3 heterocycles. The summed E-state index contributed by atoms with van der Waals surface area (Å²) >= 11 is 0. The van der Waals surface area contributed by atoms with Crippen LogP contribution in [0.3, 0.4) is 0 Å². The predicted octanol–water partition coefficient (Wildman–Crippen LogP) is 6.06. The molecule has 0 bridgehead atoms. The largest absolute Gasteiger partial charge is 0.459 e. The molecule has 2 N–H and O–H groups in total. The molecule has 0 saturated heterocycles. The van der Waals surface area contributed by atoms with Gasteiger partial charge in [-0.2, -0.15) is 13.5 Å². The molecule has 1 aliphatic carbocycles. The number of ether oxygens (including phenoxy) is 3. The van der Waals surface area contributed by atoms with Gasteiger partial charge in [0.05, 0.1) is 43.6 Å². The molecule has 2 amide bonds. The van der Waals surface area contributed by atoms with Crippen molar-refractivity contribution in [3.05, 3.63) is 72.0 Å². The van der Waals surface area contributed by atoms with Crippen LogP contribution in [0.25, 0.3) is 17.1 Å². The van der Waals surface area contributed by atoms with Crippen LogP contribution in [0, 0.1) is 5.92 Å². The molecule has 5 rings (SSSR count). The monoisotopic (exact) mass is 845 g/mol. The van der Waals surface area contributed by atoms with Gasteiger partial charge in [-0.3, -0.25) is 24.0 Å². The SMILES string of the molecule is CC(C)(C)OC(=O)C(COCCOS(C)(=O)=O)NCc1ccc(-n2cc(NC(=O)c3coc(-c4ccnc(N(CC5CC5)C(=O)OC(C)(C)C)c4)n3)c(C(F)F)n2)cc1. The van der Waals surface area contributed by atoms with E-state index in [0.29, 0.717) is 35.1 Å². The van der Waals surface area contributed by atoms with E-state index < -0.39 is 57.5 Å². The summed E-state index contributed by atoms with van der Waals surface area (Å²) in [6, 6.07) is 8.90. The first-order valence-corrected chi connectivity index (χ1v) is 20.5. The maximum Gasteiger partial charge on any atom is 0.416 e. The van der Waals surface area contributed by atoms with E-state index in [1.807, 2.05) is 0 Å². The number of oxazole rings is 1. The third-order valence-electron chi connectivity index (χ3n) is 8.21. The molecule has 1 saturated carbocycles. The number of alkyl halides is 2. The highest BCUT2D eigenvalue weighted by Gasteiger charge is 2.32. The maximum atomic E-state index is 14.2. The molecule has 4 aromatic rings. The Balaban J connectivity index is 1.24. The van der Waals surface area contributed by atoms with Crippen molar-refractivity contribution in [1.29, 1.82) is 0 Å². The van der Waals surface area contributed by atoms with Crippen molar-refractivity contribution in [2.75, 3.05) is 42.8 Å². The maximum absolute atomic E-state index is 14.2. The van der Waals surface area contributed by atoms with Gasteiger partial charge in [-0.15, -0.1) is 0 Å². The topological polar surface area (TPSA) is 206 Å². The van der Waals surface area contributed by atoms with E-state index in [-0.39, 0.29) is 43.6 Å². The first-order chi connectivity index (χ1) is 27.6. The van der Waals surface area contributed by atoms with E-state index in [1.165, 1.54) is 22.0 Å². The molecule has 1 atom stereocenters. The van der Waals surface area contributed by atoms with Gasteiger partial charge >= 0.3 is 12.1 Å². The van der Waals surface area contributed by atoms with Crippen LogP contribution in [0.4, 0.5) is 25.1 Å². The molecule has 0 aliphatic heterocycles. The highest BCUT2D eigenvalue weighted by atomic mass is 32.2. The highest BCUT2D eigenvalue weighted by molar-refractivity contribution is 7.85. The van der Waals surface area contributed by atoms with Crippen molar-refractivity contribution in [3.8, 4) is 17.1 Å². The molecule has 0 radical (unpaired) electrons. The van der Waals surface area contributed by atoms with E-state index in [9.17, 15) is 31.6 Å². The number of anilines is 2. The van der Waals surface area contributed by atoms with Gasteiger partial charge in [-0.1, -0.05) is 12.1 Å². The molecule has 320 valence electrons. The Hall–Kier alpha value is -5.31. The normalized spacial score (nSPS) is 13.9. The number of amides is 2. The number of esters is 1. The number of carbonyl (C=O) groups excluding carboxylic acids is 3. The molecule has 59 heavy (non-hydrogen) atoms. The minimum atomic E-state index is -3.64. The number of aromatic nitrogens is 4. The lowest BCUT2D eigenvalue weighted by Gasteiger charge is -2.27. The summed E-state index contributed by atoms with van der Waals surface area (Å²) in [5.41, 5.74) is -1.08. The number of hydrogen-bond donors (Lipinski definition) is 2. The van der Waals surface area contributed by atoms with Crippen molar-refractivity contribution in [2.24, 2.45) is 5.92 Å². The Morgan fingerprint density at radius 3 is 2.34 bits per heavy atom. The fourth-order valence-corrected chi connectivity index (χ4v) is 5.72. The lowest BCUT2D eigenvalue weighted by atomic mass is 10.1. The number of nitrogens with one attached hydrogen (secondary N) is 2. The van der Waals surface area contributed by atoms with Gasteiger partial charge in [0, 0.05) is 24.8 Å². The smallest absolute Gasteiger partial charge is 0.416 e. The van der Waals surface area contributed by atoms with Gasteiger partial charge in [0.1, 0.15) is 29.3 Å². The zero-order valence-electron chi connectivity index (χ0n) is 33.9. The molecule has 20 heteroatoms. The molecule has 0 spiro atoms. The van der Waals surface area contributed by atoms with Crippen LogP contribution in [0.5, 0.6) is 0 Å². The van der Waals surface area contributed by atoms with Gasteiger partial charge in [0.15, 0.2) is 11.4 Å². The van der Waals surface area contributed by atoms with E-state index in [2.05, 4.69) is 29.9 Å². The Labute approximate surface area is 340 Å². The Bertz CT molecular complexity index is 2200. The van der Waals surface area contributed by atoms with Gasteiger partial charge < -0.3 is 23.9 Å². The van der Waals surface area contributed by atoms with Gasteiger partial charge in [-0.05, 0) is 90.1 Å². The van der Waals surface area contributed by atoms with Gasteiger partial charge in [-0.25, -0.2) is 28.2 Å². The lowest BCUT2D eigenvalue weighted by molar-refractivity contribution is -0.159. The van der Waals surface area contributed by atoms with Crippen molar-refractivity contribution in [2.45, 2.75) is 84.6 Å². The number of carbonyl (C=O) groups is 3. The van der Waals surface area contributed by atoms with Crippen LogP contribution in [0.2, 0.25) is 0 Å². The fraction of sp³-hybridized carbons (Fsp3) is 0.487. The first-order valence-electron chi connectivity index (χ1n) is 18.7. The summed E-state index contributed by atoms with van der Waals surface area (Å²) in [5, 5.41) is 9.53. The molecule has 17 nitrogen and oxygen atoms in total. The third kappa shape index (κ3) is 13.9. The van der Waals surface area contributed by atoms with Gasteiger partial charge in [0.2, 0.25) is 5.89 Å². The van der Waals surface area contributed by atoms with Crippen molar-refractivity contribution in [1.82, 2.24) is 25.1 Å². The summed E-state index contributed by atoms with van der Waals surface area (Å²) in [4.78, 5) is 49.3. The summed E-state index contributed by atoms with van der Waals surface area (Å²) < 4.78 is 78.7. The minimum Gasteiger partial charge on any atom is -0.459 e. The zero-order chi connectivity index (χ0) is 43.1. The molecular weight excluding hydrogens is 797 g/mol. The number of hydrogen-bond acceptors (Lipinski definition) is 14. The van der Waals surface area contributed by atoms with E-state index in [1.54, 1.807) is 77.9 Å². The van der Waals surface area contributed by atoms with Crippen LogP contribution < -0.4 is 15.5 Å². The summed E-state index contributed by atoms with van der Waals surface area (Å²) in [5.74, 6) is -0.719. The highest BCUT2D eigenvalue weighted by Crippen LogP contribution is 2.33. The third-order valence-corrected chi connectivity index (χ3v) is 8.80. The van der Waals surface area contributed by atoms with Crippen LogP contribution in [0.1, 0.15) is 82.6 Å². The van der Waals surface area contributed by atoms with Crippen molar-refractivity contribution < 1.29 is 54.4 Å². The standard InChI is InChI=1S/C39H49F2N7O10S/c1-38(2,3)57-36(50)30(22-54-16-17-56-59(7,52)53)43-19-24-10-12-27(13-11-24)48-21-28(32(46-48)33(40)41)44-34(49)29-23-55-35(45-29)26-14-15-42-31(18-26)47(20-25-8-9-25)37(51)58-39(4,5)6/h10-15,18,21,23,25,30,33,43H,8-9,16-17,19-20,22H2,1-7H3,(H,44,49). The van der Waals surface area contributed by atoms with Crippen LogP contribution >= 0.6 is 0 Å². The Kier molecular flexibility index (Phi) is 14.2. The summed E-state index contributed by atoms with van der Waals surface area (Å²) in [7, 11) is -3.64. The quantitative estimate of drug-likeness (QED) is 0.0664. The average molecular weight is 846 g/mol. The second kappa shape index (κ2) is 18.7. The summed E-state index contributed by atoms with van der Waals surface area (Å²) in [6.07, 6.45) is 3.13. The Morgan fingerprint density at radius 1 is 1.02 bits per heavy atom. The van der Waals surface area contributed by atoms with E-state index in [0.717, 1.165) is 25.4 Å². The van der Waals surface area contributed by atoms with Crippen LogP contribution in [-0.4, -0.2) is 96.0 Å². The van der Waals surface area contributed by atoms with Gasteiger partial charge in [0.25, 0.3) is 22.5 Å². The molecule has 1 aliphatic rings. The summed E-state index contributed by atoms with van der Waals surface area (Å²) in [6.45, 7) is 10.6. The van der Waals surface area contributed by atoms with E-state index in [4.69, 9.17) is 18.6 Å². The number of rotatable bonds is 18. The second-order valence-corrected chi connectivity index (χ2v) is 17.5. The lowest BCUT2D eigenvalue weighted by Crippen LogP contribution is -2.44. The van der Waals surface area contributed by atoms with Crippen LogP contribution in [0.15, 0.2) is 59.5 Å². The molecule has 3 aromatic heterocycles. The average Bonchev–Trinajstić information content (AvgIpc) is 3.63. The van der Waals surface area contributed by atoms with Crippen molar-refractivity contribution in [3.63, 3.8) is 0 Å². The number of benzene rings is 1. The minimum absolute atomic E-state index is 0.0397.